The van der Waals surface area contributed by atoms with Gasteiger partial charge in [0.25, 0.3) is 0 Å². The van der Waals surface area contributed by atoms with Crippen molar-refractivity contribution in [3.05, 3.63) is 0 Å². The Kier molecular flexibility index (Phi) is 3.46. The van der Waals surface area contributed by atoms with Gasteiger partial charge in [-0.2, -0.15) is 0 Å². The fourth-order valence-electron chi connectivity index (χ4n) is 0.212. The van der Waals surface area contributed by atoms with Crippen molar-refractivity contribution in [1.29, 1.82) is 0 Å². The Bertz CT molecular complexity index is 128. The minimum Gasteiger partial charge on any atom is -0.293 e. The molecule has 9 heavy (non-hydrogen) atoms. The van der Waals surface area contributed by atoms with Crippen LogP contribution in [0.3, 0.4) is 0 Å². The van der Waals surface area contributed by atoms with Crippen molar-refractivity contribution < 1.29 is 18.2 Å². The first kappa shape index (κ1) is 8.62. The van der Waals surface area contributed by atoms with Gasteiger partial charge in [-0.25, -0.2) is 4.57 Å². The number of phosphoric acid groups is 1. The van der Waals surface area contributed by atoms with E-state index in [9.17, 15) is 4.57 Å². The van der Waals surface area contributed by atoms with Crippen molar-refractivity contribution >= 4 is 14.5 Å². The molecule has 0 saturated carbocycles. The number of phosphoric ester groups is 1. The Balaban J connectivity index is 3.93. The van der Waals surface area contributed by atoms with E-state index in [0.29, 0.717) is 0 Å². The van der Waals surface area contributed by atoms with Crippen LogP contribution in [0.5, 0.6) is 0 Å². The molecule has 5 nitrogen and oxygen atoms in total. The minimum absolute atomic E-state index is 1.19. The van der Waals surface area contributed by atoms with Gasteiger partial charge in [0.1, 0.15) is 0 Å². The topological polar surface area (TPSA) is 57.1 Å². The smallest absolute Gasteiger partial charge is 0.293 e. The largest absolute Gasteiger partial charge is 0.549 e. The molecule has 0 aromatic rings. The molecule has 0 heterocycles. The first-order valence-corrected chi connectivity index (χ1v) is 3.51. The average molecular weight is 153 g/mol. The summed E-state index contributed by atoms with van der Waals surface area (Å²) in [6, 6.07) is 0. The molecule has 0 radical (unpaired) electrons. The zero-order valence-electron chi connectivity index (χ0n) is 5.23. The molecule has 0 aliphatic carbocycles. The van der Waals surface area contributed by atoms with E-state index >= 15 is 0 Å². The lowest BCUT2D eigenvalue weighted by Crippen LogP contribution is -1.88. The van der Waals surface area contributed by atoms with Gasteiger partial charge in [-0.15, -0.1) is 0 Å². The van der Waals surface area contributed by atoms with E-state index in [1.165, 1.54) is 14.2 Å². The quantitative estimate of drug-likeness (QED) is 0.343. The molecular weight excluding hydrogens is 145 g/mol. The van der Waals surface area contributed by atoms with Crippen LogP contribution in [-0.2, 0) is 18.2 Å². The predicted molar refractivity (Wildman–Crippen MR) is 32.3 cm³/mol. The van der Waals surface area contributed by atoms with Crippen molar-refractivity contribution in [2.24, 2.45) is 5.16 Å². The molecule has 0 aliphatic heterocycles. The van der Waals surface area contributed by atoms with Gasteiger partial charge in [-0.05, 0) is 0 Å². The summed E-state index contributed by atoms with van der Waals surface area (Å²) in [5.74, 6) is 0. The number of hydrogen-bond acceptors (Lipinski definition) is 5. The third kappa shape index (κ3) is 2.60. The maximum Gasteiger partial charge on any atom is 0.549 e. The normalized spacial score (nSPS) is 10.9. The number of rotatable bonds is 4. The highest BCUT2D eigenvalue weighted by Crippen LogP contribution is 2.47. The van der Waals surface area contributed by atoms with E-state index in [1.54, 1.807) is 0 Å². The maximum atomic E-state index is 10.8. The van der Waals surface area contributed by atoms with Crippen molar-refractivity contribution in [1.82, 2.24) is 0 Å². The van der Waals surface area contributed by atoms with Gasteiger partial charge in [0.2, 0.25) is 0 Å². The number of nitrogens with zero attached hydrogens (tertiary/aromatic N) is 1. The summed E-state index contributed by atoms with van der Waals surface area (Å²) in [6.45, 7) is 2.94. The van der Waals surface area contributed by atoms with Crippen LogP contribution in [-0.4, -0.2) is 20.9 Å². The van der Waals surface area contributed by atoms with Crippen LogP contribution in [0.4, 0.5) is 0 Å². The Morgan fingerprint density at radius 1 is 1.44 bits per heavy atom. The van der Waals surface area contributed by atoms with Crippen LogP contribution in [0.1, 0.15) is 0 Å². The van der Waals surface area contributed by atoms with E-state index < -0.39 is 7.82 Å². The van der Waals surface area contributed by atoms with Crippen LogP contribution in [0.2, 0.25) is 0 Å². The summed E-state index contributed by atoms with van der Waals surface area (Å²) in [5.41, 5.74) is 0. The van der Waals surface area contributed by atoms with Crippen molar-refractivity contribution in [2.75, 3.05) is 14.2 Å². The van der Waals surface area contributed by atoms with Crippen LogP contribution >= 0.6 is 7.82 Å². The number of hydrogen-bond donors (Lipinski definition) is 0. The van der Waals surface area contributed by atoms with E-state index in [0.717, 1.165) is 0 Å². The SMILES string of the molecule is C=NOP(=O)(OC)OC. The predicted octanol–water partition coefficient (Wildman–Crippen LogP) is 1.02. The molecule has 0 spiro atoms. The van der Waals surface area contributed by atoms with Crippen LogP contribution < -0.4 is 0 Å². The molecule has 0 aromatic heterocycles. The fraction of sp³-hybridized carbons (Fsp3) is 0.667. The summed E-state index contributed by atoms with van der Waals surface area (Å²) in [6.07, 6.45) is 0. The molecule has 54 valence electrons. The lowest BCUT2D eigenvalue weighted by Gasteiger charge is -2.07. The summed E-state index contributed by atoms with van der Waals surface area (Å²) in [4.78, 5) is 0. The van der Waals surface area contributed by atoms with Gasteiger partial charge in [0.05, 0.1) is 0 Å². The maximum absolute atomic E-state index is 10.8. The summed E-state index contributed by atoms with van der Waals surface area (Å²) in [7, 11) is -1.03. The van der Waals surface area contributed by atoms with E-state index in [-0.39, 0.29) is 0 Å². The second kappa shape index (κ2) is 3.61. The first-order chi connectivity index (χ1) is 4.18. The minimum atomic E-state index is -3.41. The van der Waals surface area contributed by atoms with Gasteiger partial charge >= 0.3 is 7.82 Å². The highest BCUT2D eigenvalue weighted by atomic mass is 31.2. The third-order valence-electron chi connectivity index (χ3n) is 0.605. The Labute approximate surface area is 53.2 Å². The first-order valence-electron chi connectivity index (χ1n) is 2.05. The lowest BCUT2D eigenvalue weighted by atomic mass is 11.8. The standard InChI is InChI=1S/C3H8NO4P/c1-4-8-9(5,6-2)7-3/h1H2,2-3H3. The molecule has 0 bridgehead atoms. The van der Waals surface area contributed by atoms with Gasteiger partial charge in [-0.1, -0.05) is 5.16 Å². The highest BCUT2D eigenvalue weighted by Gasteiger charge is 2.23. The molecule has 6 heteroatoms. The summed E-state index contributed by atoms with van der Waals surface area (Å²) in [5, 5.41) is 2.89. The van der Waals surface area contributed by atoms with Crippen molar-refractivity contribution in [3.8, 4) is 0 Å². The molecule has 0 aliphatic rings. The van der Waals surface area contributed by atoms with E-state index in [4.69, 9.17) is 0 Å². The lowest BCUT2D eigenvalue weighted by molar-refractivity contribution is 0.158. The van der Waals surface area contributed by atoms with Crippen LogP contribution in [0.15, 0.2) is 5.16 Å². The molecule has 0 unspecified atom stereocenters. The van der Waals surface area contributed by atoms with E-state index in [1.807, 2.05) is 0 Å². The van der Waals surface area contributed by atoms with Crippen molar-refractivity contribution in [3.63, 3.8) is 0 Å². The third-order valence-corrected chi connectivity index (χ3v) is 1.81. The highest BCUT2D eigenvalue weighted by molar-refractivity contribution is 7.48. The van der Waals surface area contributed by atoms with Crippen molar-refractivity contribution in [2.45, 2.75) is 0 Å². The van der Waals surface area contributed by atoms with Crippen LogP contribution in [0, 0.1) is 0 Å². The summed E-state index contributed by atoms with van der Waals surface area (Å²) < 4.78 is 23.5. The zero-order valence-corrected chi connectivity index (χ0v) is 6.13. The van der Waals surface area contributed by atoms with Gasteiger partial charge in [0.15, 0.2) is 0 Å². The Morgan fingerprint density at radius 2 is 1.89 bits per heavy atom. The average Bonchev–Trinajstić information content (AvgIpc) is 1.89. The van der Waals surface area contributed by atoms with E-state index in [2.05, 4.69) is 25.5 Å². The molecule has 0 saturated heterocycles. The Morgan fingerprint density at radius 3 is 2.00 bits per heavy atom. The molecule has 0 fully saturated rings. The second-order valence-electron chi connectivity index (χ2n) is 1.02. The second-order valence-corrected chi connectivity index (χ2v) is 2.81. The molecule has 0 N–H and O–H groups in total. The Hall–Kier alpha value is -0.380. The molecule has 0 atom stereocenters. The summed E-state index contributed by atoms with van der Waals surface area (Å²) >= 11 is 0. The molecule has 0 aromatic carbocycles. The van der Waals surface area contributed by atoms with Gasteiger partial charge in [-0.3, -0.25) is 13.7 Å². The number of oxime groups is 1. The molecule has 0 rings (SSSR count). The molecular formula is C3H8NO4P. The molecule has 0 amide bonds. The van der Waals surface area contributed by atoms with Gasteiger partial charge < -0.3 is 0 Å². The van der Waals surface area contributed by atoms with Gasteiger partial charge in [0, 0.05) is 20.9 Å². The fourth-order valence-corrected chi connectivity index (χ4v) is 0.636. The van der Waals surface area contributed by atoms with Crippen LogP contribution in [0.25, 0.3) is 0 Å². The zero-order chi connectivity index (χ0) is 7.33. The monoisotopic (exact) mass is 153 g/mol.